The molecule has 2 aliphatic rings. The van der Waals surface area contributed by atoms with E-state index in [4.69, 9.17) is 0 Å². The van der Waals surface area contributed by atoms with Crippen LogP contribution < -0.4 is 4.90 Å². The van der Waals surface area contributed by atoms with Gasteiger partial charge in [-0.15, -0.1) is 5.11 Å². The average molecular weight is 348 g/mol. The predicted molar refractivity (Wildman–Crippen MR) is 81.9 cm³/mol. The molecule has 0 aromatic heterocycles. The predicted octanol–water partition coefficient (Wildman–Crippen LogP) is 3.24. The highest BCUT2D eigenvalue weighted by Crippen LogP contribution is 2.34. The largest absolute Gasteiger partial charge is 0.311 e. The van der Waals surface area contributed by atoms with Crippen LogP contribution in [0.2, 0.25) is 0 Å². The molecule has 0 saturated heterocycles. The smallest absolute Gasteiger partial charge is 0.281 e. The first-order valence-electron chi connectivity index (χ1n) is 6.72. The van der Waals surface area contributed by atoms with Crippen molar-refractivity contribution < 1.29 is 9.59 Å². The topological polar surface area (TPSA) is 62.1 Å². The van der Waals surface area contributed by atoms with E-state index >= 15 is 0 Å². The Balaban J connectivity index is 1.95. The zero-order valence-corrected chi connectivity index (χ0v) is 13.3. The Morgan fingerprint density at radius 3 is 2.86 bits per heavy atom. The van der Waals surface area contributed by atoms with Gasteiger partial charge in [0, 0.05) is 16.7 Å². The van der Waals surface area contributed by atoms with E-state index in [2.05, 4.69) is 26.2 Å². The summed E-state index contributed by atoms with van der Waals surface area (Å²) in [5, 5.41) is 7.36. The van der Waals surface area contributed by atoms with Crippen molar-refractivity contribution in [1.29, 1.82) is 0 Å². The second-order valence-electron chi connectivity index (χ2n) is 5.25. The lowest BCUT2D eigenvalue weighted by Gasteiger charge is -2.24. The molecule has 3 rings (SSSR count). The van der Waals surface area contributed by atoms with Crippen LogP contribution in [0.1, 0.15) is 19.4 Å². The Morgan fingerprint density at radius 1 is 1.33 bits per heavy atom. The molecule has 108 valence electrons. The number of carbonyl (C=O) groups excluding carboxylic acids is 2. The van der Waals surface area contributed by atoms with Gasteiger partial charge in [-0.1, -0.05) is 15.9 Å². The summed E-state index contributed by atoms with van der Waals surface area (Å²) in [7, 11) is 0. The van der Waals surface area contributed by atoms with Crippen molar-refractivity contribution in [3.05, 3.63) is 39.5 Å². The molecule has 0 radical (unpaired) electrons. The molecule has 0 bridgehead atoms. The molecule has 1 unspecified atom stereocenters. The van der Waals surface area contributed by atoms with Gasteiger partial charge < -0.3 is 4.90 Å². The third-order valence-corrected chi connectivity index (χ3v) is 4.49. The molecule has 1 atom stereocenters. The first-order valence-corrected chi connectivity index (χ1v) is 7.51. The first-order chi connectivity index (χ1) is 9.99. The fraction of sp³-hybridized carbons (Fsp3) is 0.333. The van der Waals surface area contributed by atoms with Crippen molar-refractivity contribution in [2.45, 2.75) is 20.3 Å². The fourth-order valence-corrected chi connectivity index (χ4v) is 3.11. The monoisotopic (exact) mass is 347 g/mol. The number of azo groups is 1. The van der Waals surface area contributed by atoms with Crippen LogP contribution >= 0.6 is 15.9 Å². The van der Waals surface area contributed by atoms with E-state index in [1.54, 1.807) is 18.7 Å². The van der Waals surface area contributed by atoms with E-state index < -0.39 is 11.8 Å². The molecule has 0 spiro atoms. The Hall–Kier alpha value is -1.82. The minimum Gasteiger partial charge on any atom is -0.311 e. The number of halogens is 1. The van der Waals surface area contributed by atoms with Gasteiger partial charge in [0.1, 0.15) is 5.92 Å². The molecule has 2 heterocycles. The zero-order chi connectivity index (χ0) is 15.1. The SMILES string of the molecule is CC1=C(C)C(C(=O)N2CCc3cc(Br)ccc32)C(=O)N=N1. The van der Waals surface area contributed by atoms with Crippen LogP contribution in [0.4, 0.5) is 5.69 Å². The highest BCUT2D eigenvalue weighted by atomic mass is 79.9. The van der Waals surface area contributed by atoms with Crippen molar-refractivity contribution >= 4 is 33.4 Å². The minimum atomic E-state index is -0.836. The van der Waals surface area contributed by atoms with Gasteiger partial charge in [-0.2, -0.15) is 5.11 Å². The van der Waals surface area contributed by atoms with E-state index in [0.717, 1.165) is 22.1 Å². The summed E-state index contributed by atoms with van der Waals surface area (Å²) in [4.78, 5) is 26.4. The number of rotatable bonds is 1. The molecule has 21 heavy (non-hydrogen) atoms. The Labute approximate surface area is 130 Å². The van der Waals surface area contributed by atoms with Gasteiger partial charge in [0.2, 0.25) is 5.91 Å². The van der Waals surface area contributed by atoms with E-state index in [1.807, 2.05) is 18.2 Å². The van der Waals surface area contributed by atoms with Gasteiger partial charge in [-0.05, 0) is 49.6 Å². The molecule has 0 saturated carbocycles. The molecule has 6 heteroatoms. The van der Waals surface area contributed by atoms with Crippen LogP contribution in [0.25, 0.3) is 0 Å². The summed E-state index contributed by atoms with van der Waals surface area (Å²) >= 11 is 3.43. The van der Waals surface area contributed by atoms with Gasteiger partial charge in [0.05, 0.1) is 5.70 Å². The van der Waals surface area contributed by atoms with Crippen molar-refractivity contribution in [2.24, 2.45) is 16.1 Å². The van der Waals surface area contributed by atoms with Crippen molar-refractivity contribution in [3.8, 4) is 0 Å². The Bertz CT molecular complexity index is 709. The second-order valence-corrected chi connectivity index (χ2v) is 6.17. The van der Waals surface area contributed by atoms with E-state index in [9.17, 15) is 9.59 Å². The van der Waals surface area contributed by atoms with Crippen LogP contribution in [0.3, 0.4) is 0 Å². The molecular weight excluding hydrogens is 334 g/mol. The zero-order valence-electron chi connectivity index (χ0n) is 11.8. The van der Waals surface area contributed by atoms with Gasteiger partial charge in [-0.3, -0.25) is 9.59 Å². The van der Waals surface area contributed by atoms with Crippen LogP contribution in [-0.2, 0) is 16.0 Å². The number of benzene rings is 1. The number of anilines is 1. The Morgan fingerprint density at radius 2 is 2.10 bits per heavy atom. The van der Waals surface area contributed by atoms with Crippen LogP contribution in [-0.4, -0.2) is 18.4 Å². The van der Waals surface area contributed by atoms with E-state index in [1.165, 1.54) is 0 Å². The normalized spacial score (nSPS) is 21.0. The number of amides is 2. The number of fused-ring (bicyclic) bond motifs is 1. The molecule has 1 aromatic rings. The molecule has 0 aliphatic carbocycles. The summed E-state index contributed by atoms with van der Waals surface area (Å²) in [6.07, 6.45) is 0.796. The number of allylic oxidation sites excluding steroid dienone is 1. The third kappa shape index (κ3) is 2.33. The van der Waals surface area contributed by atoms with Crippen molar-refractivity contribution in [3.63, 3.8) is 0 Å². The number of hydrogen-bond donors (Lipinski definition) is 0. The van der Waals surface area contributed by atoms with Crippen LogP contribution in [0, 0.1) is 5.92 Å². The average Bonchev–Trinajstić information content (AvgIpc) is 2.86. The third-order valence-electron chi connectivity index (χ3n) is 4.00. The highest BCUT2D eigenvalue weighted by molar-refractivity contribution is 9.10. The number of carbonyl (C=O) groups is 2. The van der Waals surface area contributed by atoms with E-state index in [-0.39, 0.29) is 5.91 Å². The van der Waals surface area contributed by atoms with Gasteiger partial charge in [-0.25, -0.2) is 0 Å². The van der Waals surface area contributed by atoms with Crippen molar-refractivity contribution in [2.75, 3.05) is 11.4 Å². The number of nitrogens with zero attached hydrogens (tertiary/aromatic N) is 3. The molecule has 0 fully saturated rings. The van der Waals surface area contributed by atoms with Crippen LogP contribution in [0.15, 0.2) is 44.2 Å². The molecule has 1 aromatic carbocycles. The Kier molecular flexibility index (Phi) is 3.49. The maximum atomic E-state index is 12.8. The molecular formula is C15H14BrN3O2. The minimum absolute atomic E-state index is 0.212. The van der Waals surface area contributed by atoms with Crippen LogP contribution in [0.5, 0.6) is 0 Å². The lowest BCUT2D eigenvalue weighted by molar-refractivity contribution is -0.130. The van der Waals surface area contributed by atoms with E-state index in [0.29, 0.717) is 17.8 Å². The second kappa shape index (κ2) is 5.18. The van der Waals surface area contributed by atoms with Gasteiger partial charge in [0.25, 0.3) is 5.91 Å². The fourth-order valence-electron chi connectivity index (χ4n) is 2.70. The van der Waals surface area contributed by atoms with Gasteiger partial charge >= 0.3 is 0 Å². The maximum Gasteiger partial charge on any atom is 0.281 e. The summed E-state index contributed by atoms with van der Waals surface area (Å²) in [6.45, 7) is 4.13. The lowest BCUT2D eigenvalue weighted by Crippen LogP contribution is -2.39. The molecule has 0 N–H and O–H groups in total. The summed E-state index contributed by atoms with van der Waals surface area (Å²) < 4.78 is 0.991. The summed E-state index contributed by atoms with van der Waals surface area (Å²) in [5.74, 6) is -1.53. The molecule has 2 amide bonds. The van der Waals surface area contributed by atoms with Gasteiger partial charge in [0.15, 0.2) is 0 Å². The lowest BCUT2D eigenvalue weighted by atomic mass is 9.95. The summed E-state index contributed by atoms with van der Waals surface area (Å²) in [6, 6.07) is 5.82. The molecule has 5 nitrogen and oxygen atoms in total. The first kappa shape index (κ1) is 14.1. The molecule has 2 aliphatic heterocycles. The van der Waals surface area contributed by atoms with Crippen molar-refractivity contribution in [1.82, 2.24) is 0 Å². The maximum absolute atomic E-state index is 12.8. The summed E-state index contributed by atoms with van der Waals surface area (Å²) in [5.41, 5.74) is 3.32. The quantitative estimate of drug-likeness (QED) is 0.732. The number of hydrogen-bond acceptors (Lipinski definition) is 3. The highest BCUT2D eigenvalue weighted by Gasteiger charge is 2.37. The standard InChI is InChI=1S/C15H14BrN3O2/c1-8-9(2)17-18-14(20)13(8)15(21)19-6-5-10-7-11(16)3-4-12(10)19/h3-4,7,13H,5-6H2,1-2H3.